The van der Waals surface area contributed by atoms with Crippen molar-refractivity contribution in [2.24, 2.45) is 5.92 Å². The Labute approximate surface area is 484 Å². The van der Waals surface area contributed by atoms with Crippen LogP contribution < -0.4 is 5.32 Å². The number of rotatable bonds is 49. The van der Waals surface area contributed by atoms with Gasteiger partial charge < -0.3 is 100 Å². The molecule has 3 rings (SSSR count). The van der Waals surface area contributed by atoms with Crippen LogP contribution in [-0.2, 0) is 33.2 Å². The molecule has 19 atom stereocenters. The van der Waals surface area contributed by atoms with Crippen LogP contribution in [0.1, 0.15) is 226 Å². The molecule has 3 saturated heterocycles. The van der Waals surface area contributed by atoms with Gasteiger partial charge in [0.15, 0.2) is 18.9 Å². The molecule has 21 nitrogen and oxygen atoms in total. The summed E-state index contributed by atoms with van der Waals surface area (Å²) < 4.78 is 34.5. The van der Waals surface area contributed by atoms with Crippen molar-refractivity contribution >= 4 is 5.91 Å². The van der Waals surface area contributed by atoms with Gasteiger partial charge in [-0.15, -0.1) is 0 Å². The first-order valence-electron chi connectivity index (χ1n) is 31.8. The Hall–Kier alpha value is -1.29. The maximum Gasteiger partial charge on any atom is 0.249 e. The van der Waals surface area contributed by atoms with Crippen molar-refractivity contribution < 1.29 is 99.6 Å². The summed E-state index contributed by atoms with van der Waals surface area (Å²) in [5, 5.41) is 142. The predicted molar refractivity (Wildman–Crippen MR) is 303 cm³/mol. The average Bonchev–Trinajstić information content (AvgIpc) is 4.08. The Bertz CT molecular complexity index is 1540. The topological polar surface area (TPSA) is 347 Å². The zero-order chi connectivity index (χ0) is 59.5. The van der Waals surface area contributed by atoms with Gasteiger partial charge in [-0.2, -0.15) is 0 Å². The van der Waals surface area contributed by atoms with Gasteiger partial charge in [0, 0.05) is 0 Å². The number of hydrogen-bond acceptors (Lipinski definition) is 20. The number of aliphatic hydroxyl groups is 13. The number of carbonyl (C=O) groups is 1. The van der Waals surface area contributed by atoms with E-state index in [-0.39, 0.29) is 12.8 Å². The van der Waals surface area contributed by atoms with Crippen LogP contribution in [-0.4, -0.2) is 215 Å². The standard InChI is InChI=1S/C60H115NO20/c1-4-5-6-7-8-9-10-11-12-13-14-15-16-17-18-19-20-21-26-29-32-35-43(66)57(75)61-41(47(69)42(65)34-31-28-25-23-22-24-27-30-33-40(2)3)39-76-58-52(74)55(48(70)46(38-64)77-58)80-60-56(51(73)54(79-60)45(68)37-63)81-59-50(72)49(71)53(78-59)44(67)36-62/h40-56,58-60,62-74H,4-39H2,1-3H3,(H,61,75). The van der Waals surface area contributed by atoms with Gasteiger partial charge in [-0.05, 0) is 18.8 Å². The minimum absolute atomic E-state index is 0.158. The van der Waals surface area contributed by atoms with Gasteiger partial charge in [0.1, 0.15) is 85.5 Å². The van der Waals surface area contributed by atoms with Gasteiger partial charge in [-0.3, -0.25) is 4.79 Å². The first-order chi connectivity index (χ1) is 39.0. The molecule has 14 N–H and O–H groups in total. The molecule has 0 aromatic heterocycles. The lowest BCUT2D eigenvalue weighted by Gasteiger charge is -2.43. The van der Waals surface area contributed by atoms with Gasteiger partial charge in [0.05, 0.1) is 38.6 Å². The van der Waals surface area contributed by atoms with E-state index in [1.165, 1.54) is 128 Å². The summed E-state index contributed by atoms with van der Waals surface area (Å²) in [5.74, 6) is -0.116. The van der Waals surface area contributed by atoms with Crippen molar-refractivity contribution in [3.8, 4) is 0 Å². The highest BCUT2D eigenvalue weighted by atomic mass is 16.8. The lowest BCUT2D eigenvalue weighted by Crippen LogP contribution is -2.62. The fourth-order valence-electron chi connectivity index (χ4n) is 11.2. The zero-order valence-electron chi connectivity index (χ0n) is 49.7. The third kappa shape index (κ3) is 27.5. The minimum atomic E-state index is -1.96. The molecule has 0 aromatic rings. The highest BCUT2D eigenvalue weighted by Crippen LogP contribution is 2.36. The zero-order valence-corrected chi connectivity index (χ0v) is 49.7. The summed E-state index contributed by atoms with van der Waals surface area (Å²) in [7, 11) is 0. The van der Waals surface area contributed by atoms with Crippen LogP contribution >= 0.6 is 0 Å². The van der Waals surface area contributed by atoms with E-state index < -0.39 is 149 Å². The van der Waals surface area contributed by atoms with Crippen molar-refractivity contribution in [3.63, 3.8) is 0 Å². The van der Waals surface area contributed by atoms with Gasteiger partial charge in [-0.25, -0.2) is 0 Å². The molecule has 1 amide bonds. The Kier molecular flexibility index (Phi) is 39.6. The highest BCUT2D eigenvalue weighted by molar-refractivity contribution is 5.80. The molecular formula is C60H115NO20. The molecule has 3 aliphatic rings. The van der Waals surface area contributed by atoms with Crippen molar-refractivity contribution in [1.82, 2.24) is 5.32 Å². The third-order valence-electron chi connectivity index (χ3n) is 16.5. The second kappa shape index (κ2) is 43.4. The lowest BCUT2D eigenvalue weighted by atomic mass is 9.98. The van der Waals surface area contributed by atoms with E-state index in [4.69, 9.17) is 28.4 Å². The quantitative estimate of drug-likeness (QED) is 0.0380. The number of aliphatic hydroxyl groups excluding tert-OH is 13. The molecule has 3 aliphatic heterocycles. The van der Waals surface area contributed by atoms with Gasteiger partial charge in [0.25, 0.3) is 0 Å². The summed E-state index contributed by atoms with van der Waals surface area (Å²) in [4.78, 5) is 13.5. The van der Waals surface area contributed by atoms with Crippen molar-refractivity contribution in [2.45, 2.75) is 343 Å². The molecule has 0 aromatic carbocycles. The third-order valence-corrected chi connectivity index (χ3v) is 16.5. The van der Waals surface area contributed by atoms with Crippen LogP contribution in [0.5, 0.6) is 0 Å². The van der Waals surface area contributed by atoms with Gasteiger partial charge in [0.2, 0.25) is 5.91 Å². The largest absolute Gasteiger partial charge is 0.394 e. The monoisotopic (exact) mass is 1170 g/mol. The van der Waals surface area contributed by atoms with E-state index >= 15 is 0 Å². The van der Waals surface area contributed by atoms with Crippen LogP contribution in [0.3, 0.4) is 0 Å². The molecule has 480 valence electrons. The summed E-state index contributed by atoms with van der Waals surface area (Å²) in [6, 6.07) is -1.37. The second-order valence-corrected chi connectivity index (χ2v) is 24.0. The Morgan fingerprint density at radius 2 is 0.889 bits per heavy atom. The average molecular weight is 1170 g/mol. The molecule has 19 unspecified atom stereocenters. The number of amides is 1. The second-order valence-electron chi connectivity index (χ2n) is 24.0. The van der Waals surface area contributed by atoms with E-state index in [0.29, 0.717) is 18.8 Å². The van der Waals surface area contributed by atoms with Crippen LogP contribution in [0.25, 0.3) is 0 Å². The molecule has 0 bridgehead atoms. The van der Waals surface area contributed by atoms with E-state index in [1.54, 1.807) is 0 Å². The van der Waals surface area contributed by atoms with Crippen LogP contribution in [0, 0.1) is 5.92 Å². The molecule has 0 aliphatic carbocycles. The number of unbranched alkanes of at least 4 members (excludes halogenated alkanes) is 27. The minimum Gasteiger partial charge on any atom is -0.394 e. The Morgan fingerprint density at radius 3 is 1.35 bits per heavy atom. The van der Waals surface area contributed by atoms with Crippen molar-refractivity contribution in [1.29, 1.82) is 0 Å². The number of carbonyl (C=O) groups excluding carboxylic acids is 1. The Morgan fingerprint density at radius 1 is 0.469 bits per heavy atom. The van der Waals surface area contributed by atoms with Gasteiger partial charge in [-0.1, -0.05) is 213 Å². The van der Waals surface area contributed by atoms with Gasteiger partial charge >= 0.3 is 0 Å². The highest BCUT2D eigenvalue weighted by Gasteiger charge is 2.56. The normalized spacial score (nSPS) is 29.3. The summed E-state index contributed by atoms with van der Waals surface area (Å²) >= 11 is 0. The maximum absolute atomic E-state index is 13.5. The molecule has 0 spiro atoms. The smallest absolute Gasteiger partial charge is 0.249 e. The van der Waals surface area contributed by atoms with E-state index in [2.05, 4.69) is 26.1 Å². The first kappa shape index (κ1) is 74.0. The van der Waals surface area contributed by atoms with E-state index in [0.717, 1.165) is 51.4 Å². The van der Waals surface area contributed by atoms with Crippen LogP contribution in [0.4, 0.5) is 0 Å². The number of hydrogen-bond donors (Lipinski definition) is 14. The molecule has 0 saturated carbocycles. The van der Waals surface area contributed by atoms with Crippen LogP contribution in [0.2, 0.25) is 0 Å². The SMILES string of the molecule is CCCCCCCCCCCCCCCCCCCCCCCC(O)C(=O)NC(COC1OC(CO)C(O)C(OC2OC(C(O)CO)C(O)C2OC2OC(C(O)CO)C(O)C2O)C1O)C(O)C(O)CCCCCCCCCCC(C)C. The predicted octanol–water partition coefficient (Wildman–Crippen LogP) is 4.18. The van der Waals surface area contributed by atoms with E-state index in [1.807, 2.05) is 0 Å². The van der Waals surface area contributed by atoms with Crippen LogP contribution in [0.15, 0.2) is 0 Å². The van der Waals surface area contributed by atoms with E-state index in [9.17, 15) is 71.2 Å². The number of nitrogens with one attached hydrogen (secondary N) is 1. The molecule has 81 heavy (non-hydrogen) atoms. The maximum atomic E-state index is 13.5. The fraction of sp³-hybridized carbons (Fsp3) is 0.983. The first-order valence-corrected chi connectivity index (χ1v) is 31.8. The fourth-order valence-corrected chi connectivity index (χ4v) is 11.2. The molecular weight excluding hydrogens is 1050 g/mol. The molecule has 21 heteroatoms. The Balaban J connectivity index is 1.56. The molecule has 3 heterocycles. The lowest BCUT2D eigenvalue weighted by molar-refractivity contribution is -0.338. The summed E-state index contributed by atoms with van der Waals surface area (Å²) in [6.45, 7) is 3.47. The summed E-state index contributed by atoms with van der Waals surface area (Å²) in [5.41, 5.74) is 0. The summed E-state index contributed by atoms with van der Waals surface area (Å²) in [6.07, 6.45) is 4.86. The van der Waals surface area contributed by atoms with Crippen molar-refractivity contribution in [3.05, 3.63) is 0 Å². The molecule has 3 fully saturated rings. The number of ether oxygens (including phenoxy) is 6. The van der Waals surface area contributed by atoms with Crippen molar-refractivity contribution in [2.75, 3.05) is 26.4 Å². The molecule has 0 radical (unpaired) electrons.